The summed E-state index contributed by atoms with van der Waals surface area (Å²) in [4.78, 5) is 0. The summed E-state index contributed by atoms with van der Waals surface area (Å²) >= 11 is 0. The number of aryl methyl sites for hydroxylation is 1. The molecular formula is C16H15FO3. The smallest absolute Gasteiger partial charge is 0.167 e. The van der Waals surface area contributed by atoms with Crippen molar-refractivity contribution in [2.45, 2.75) is 13.0 Å². The van der Waals surface area contributed by atoms with Gasteiger partial charge in [0.25, 0.3) is 0 Å². The van der Waals surface area contributed by atoms with Crippen molar-refractivity contribution in [2.75, 3.05) is 13.2 Å². The van der Waals surface area contributed by atoms with Crippen LogP contribution in [0.4, 0.5) is 4.39 Å². The molecule has 20 heavy (non-hydrogen) atoms. The van der Waals surface area contributed by atoms with E-state index in [-0.39, 0.29) is 5.82 Å². The van der Waals surface area contributed by atoms with Crippen molar-refractivity contribution >= 4 is 0 Å². The van der Waals surface area contributed by atoms with Gasteiger partial charge in [-0.3, -0.25) is 0 Å². The Morgan fingerprint density at radius 2 is 1.95 bits per heavy atom. The second-order valence-corrected chi connectivity index (χ2v) is 4.84. The molecule has 0 radical (unpaired) electrons. The van der Waals surface area contributed by atoms with E-state index >= 15 is 0 Å². The van der Waals surface area contributed by atoms with Gasteiger partial charge in [-0.05, 0) is 36.2 Å². The quantitative estimate of drug-likeness (QED) is 0.915. The maximum atomic E-state index is 13.5. The van der Waals surface area contributed by atoms with E-state index in [1.807, 2.05) is 0 Å². The number of aliphatic hydroxyl groups excluding tert-OH is 1. The number of aliphatic hydroxyl groups is 1. The van der Waals surface area contributed by atoms with Gasteiger partial charge >= 0.3 is 0 Å². The Morgan fingerprint density at radius 3 is 2.75 bits per heavy atom. The normalized spacial score (nSPS) is 14.9. The third-order valence-corrected chi connectivity index (χ3v) is 3.27. The molecule has 0 amide bonds. The summed E-state index contributed by atoms with van der Waals surface area (Å²) in [6.45, 7) is 2.73. The van der Waals surface area contributed by atoms with E-state index in [0.29, 0.717) is 35.8 Å². The number of hydrogen-bond acceptors (Lipinski definition) is 3. The number of hydrogen-bond donors (Lipinski definition) is 1. The molecule has 0 aromatic heterocycles. The molecule has 1 aliphatic rings. The molecule has 2 aromatic rings. The summed E-state index contributed by atoms with van der Waals surface area (Å²) in [5.41, 5.74) is 1.86. The van der Waals surface area contributed by atoms with Gasteiger partial charge in [0.05, 0.1) is 0 Å². The molecule has 4 heteroatoms. The molecule has 3 nitrogen and oxygen atoms in total. The molecule has 1 atom stereocenters. The van der Waals surface area contributed by atoms with Crippen LogP contribution in [0.5, 0.6) is 11.5 Å². The van der Waals surface area contributed by atoms with Crippen molar-refractivity contribution in [1.82, 2.24) is 0 Å². The Balaban J connectivity index is 2.04. The largest absolute Gasteiger partial charge is 0.486 e. The van der Waals surface area contributed by atoms with Gasteiger partial charge in [0.1, 0.15) is 25.1 Å². The Labute approximate surface area is 116 Å². The van der Waals surface area contributed by atoms with Crippen molar-refractivity contribution in [2.24, 2.45) is 0 Å². The Hall–Kier alpha value is -2.07. The zero-order chi connectivity index (χ0) is 14.1. The molecule has 0 fully saturated rings. The van der Waals surface area contributed by atoms with Gasteiger partial charge < -0.3 is 14.6 Å². The number of para-hydroxylation sites is 1. The number of ether oxygens (including phenoxy) is 2. The van der Waals surface area contributed by atoms with E-state index in [1.165, 1.54) is 12.1 Å². The predicted octanol–water partition coefficient (Wildman–Crippen LogP) is 2.99. The highest BCUT2D eigenvalue weighted by Crippen LogP contribution is 2.39. The molecule has 1 heterocycles. The zero-order valence-electron chi connectivity index (χ0n) is 11.1. The molecule has 0 saturated heterocycles. The molecule has 1 aliphatic heterocycles. The lowest BCUT2D eigenvalue weighted by Crippen LogP contribution is -2.17. The SMILES string of the molecule is Cc1cc(F)cc(C(O)c2cccc3c2OCCO3)c1. The van der Waals surface area contributed by atoms with Crippen LogP contribution in [0.15, 0.2) is 36.4 Å². The Bertz CT molecular complexity index is 619. The summed E-state index contributed by atoms with van der Waals surface area (Å²) in [6, 6.07) is 9.87. The highest BCUT2D eigenvalue weighted by molar-refractivity contribution is 5.50. The minimum absolute atomic E-state index is 0.360. The van der Waals surface area contributed by atoms with Gasteiger partial charge in [-0.2, -0.15) is 0 Å². The van der Waals surface area contributed by atoms with Crippen LogP contribution in [0.2, 0.25) is 0 Å². The van der Waals surface area contributed by atoms with E-state index in [2.05, 4.69) is 0 Å². The highest BCUT2D eigenvalue weighted by Gasteiger charge is 2.22. The summed E-state index contributed by atoms with van der Waals surface area (Å²) in [5, 5.41) is 10.5. The fraction of sp³-hybridized carbons (Fsp3) is 0.250. The van der Waals surface area contributed by atoms with Gasteiger partial charge in [0.15, 0.2) is 11.5 Å². The summed E-state index contributed by atoms with van der Waals surface area (Å²) in [5.74, 6) is 0.787. The van der Waals surface area contributed by atoms with Gasteiger partial charge in [0, 0.05) is 5.56 Å². The molecule has 0 aliphatic carbocycles. The second-order valence-electron chi connectivity index (χ2n) is 4.84. The Morgan fingerprint density at radius 1 is 1.15 bits per heavy atom. The Kier molecular flexibility index (Phi) is 3.32. The topological polar surface area (TPSA) is 38.7 Å². The average molecular weight is 274 g/mol. The average Bonchev–Trinajstić information content (AvgIpc) is 2.45. The van der Waals surface area contributed by atoms with E-state index in [9.17, 15) is 9.50 Å². The van der Waals surface area contributed by atoms with Crippen LogP contribution < -0.4 is 9.47 Å². The fourth-order valence-electron chi connectivity index (χ4n) is 2.41. The van der Waals surface area contributed by atoms with Crippen molar-refractivity contribution in [3.05, 3.63) is 58.9 Å². The second kappa shape index (κ2) is 5.13. The van der Waals surface area contributed by atoms with E-state index in [0.717, 1.165) is 5.56 Å². The molecule has 104 valence electrons. The van der Waals surface area contributed by atoms with Crippen LogP contribution >= 0.6 is 0 Å². The first-order chi connectivity index (χ1) is 9.65. The first kappa shape index (κ1) is 12.9. The molecule has 0 bridgehead atoms. The maximum absolute atomic E-state index is 13.5. The van der Waals surface area contributed by atoms with Crippen LogP contribution in [0.1, 0.15) is 22.8 Å². The minimum Gasteiger partial charge on any atom is -0.486 e. The third kappa shape index (κ3) is 2.34. The number of benzene rings is 2. The predicted molar refractivity (Wildman–Crippen MR) is 72.6 cm³/mol. The maximum Gasteiger partial charge on any atom is 0.167 e. The van der Waals surface area contributed by atoms with Crippen molar-refractivity contribution < 1.29 is 19.0 Å². The van der Waals surface area contributed by atoms with Crippen molar-refractivity contribution in [1.29, 1.82) is 0 Å². The van der Waals surface area contributed by atoms with Crippen LogP contribution in [-0.4, -0.2) is 18.3 Å². The number of halogens is 1. The first-order valence-corrected chi connectivity index (χ1v) is 6.49. The monoisotopic (exact) mass is 274 g/mol. The summed E-state index contributed by atoms with van der Waals surface area (Å²) in [6.07, 6.45) is -0.943. The van der Waals surface area contributed by atoms with Gasteiger partial charge in [-0.1, -0.05) is 18.2 Å². The molecule has 3 rings (SSSR count). The highest BCUT2D eigenvalue weighted by atomic mass is 19.1. The van der Waals surface area contributed by atoms with E-state index < -0.39 is 6.10 Å². The number of fused-ring (bicyclic) bond motifs is 1. The van der Waals surface area contributed by atoms with Gasteiger partial charge in [-0.25, -0.2) is 4.39 Å². The van der Waals surface area contributed by atoms with Crippen LogP contribution in [-0.2, 0) is 0 Å². The van der Waals surface area contributed by atoms with E-state index in [1.54, 1.807) is 31.2 Å². The summed E-state index contributed by atoms with van der Waals surface area (Å²) < 4.78 is 24.5. The minimum atomic E-state index is -0.943. The fourth-order valence-corrected chi connectivity index (χ4v) is 2.41. The molecular weight excluding hydrogens is 259 g/mol. The van der Waals surface area contributed by atoms with E-state index in [4.69, 9.17) is 9.47 Å². The standard InChI is InChI=1S/C16H15FO3/c1-10-7-11(9-12(17)8-10)15(18)13-3-2-4-14-16(13)20-6-5-19-14/h2-4,7-9,15,18H,5-6H2,1H3. The van der Waals surface area contributed by atoms with Gasteiger partial charge in [-0.15, -0.1) is 0 Å². The lowest BCUT2D eigenvalue weighted by molar-refractivity contribution is 0.158. The lowest BCUT2D eigenvalue weighted by Gasteiger charge is -2.23. The van der Waals surface area contributed by atoms with Gasteiger partial charge in [0.2, 0.25) is 0 Å². The summed E-state index contributed by atoms with van der Waals surface area (Å²) in [7, 11) is 0. The van der Waals surface area contributed by atoms with Crippen LogP contribution in [0, 0.1) is 12.7 Å². The van der Waals surface area contributed by atoms with Crippen molar-refractivity contribution in [3.63, 3.8) is 0 Å². The molecule has 0 saturated carbocycles. The lowest BCUT2D eigenvalue weighted by atomic mass is 9.98. The van der Waals surface area contributed by atoms with Crippen molar-refractivity contribution in [3.8, 4) is 11.5 Å². The first-order valence-electron chi connectivity index (χ1n) is 6.49. The number of rotatable bonds is 2. The molecule has 1 N–H and O–H groups in total. The molecule has 0 spiro atoms. The third-order valence-electron chi connectivity index (χ3n) is 3.27. The molecule has 1 unspecified atom stereocenters. The molecule has 2 aromatic carbocycles. The zero-order valence-corrected chi connectivity index (χ0v) is 11.1. The van der Waals surface area contributed by atoms with Crippen LogP contribution in [0.25, 0.3) is 0 Å². The van der Waals surface area contributed by atoms with Crippen LogP contribution in [0.3, 0.4) is 0 Å².